The molecule has 1 nitrogen and oxygen atoms in total. The molecule has 0 heterocycles. The molecule has 0 aromatic heterocycles. The lowest BCUT2D eigenvalue weighted by molar-refractivity contribution is 1.22. The second kappa shape index (κ2) is 3.31. The van der Waals surface area contributed by atoms with Gasteiger partial charge in [0.1, 0.15) is 0 Å². The highest BCUT2D eigenvalue weighted by molar-refractivity contribution is 7.78. The van der Waals surface area contributed by atoms with E-state index in [0.29, 0.717) is 0 Å². The minimum atomic E-state index is 1.74. The van der Waals surface area contributed by atoms with Crippen molar-refractivity contribution in [2.45, 2.75) is 6.92 Å². The Morgan fingerprint density at radius 2 is 2.25 bits per heavy atom. The lowest BCUT2D eigenvalue weighted by Crippen LogP contribution is -1.83. The van der Waals surface area contributed by atoms with Gasteiger partial charge in [0.25, 0.3) is 0 Å². The third-order valence-electron chi connectivity index (χ3n) is 0.129. The molecule has 1 radical (unpaired) electrons. The van der Waals surface area contributed by atoms with E-state index >= 15 is 0 Å². The molecular weight excluding hydrogens is 70.1 g/mol. The normalized spacial score (nSPS) is 7.50. The van der Waals surface area contributed by atoms with E-state index in [2.05, 4.69) is 17.5 Å². The summed E-state index contributed by atoms with van der Waals surface area (Å²) in [5, 5.41) is 0. The van der Waals surface area contributed by atoms with Gasteiger partial charge in [-0.25, -0.2) is 0 Å². The summed E-state index contributed by atoms with van der Waals surface area (Å²) >= 11 is 3.61. The van der Waals surface area contributed by atoms with Gasteiger partial charge in [0.2, 0.25) is 0 Å². The Kier molecular flexibility index (Phi) is 3.57. The van der Waals surface area contributed by atoms with Gasteiger partial charge < -0.3 is 0 Å². The Morgan fingerprint density at radius 1 is 2.00 bits per heavy atom. The van der Waals surface area contributed by atoms with Crippen molar-refractivity contribution >= 4 is 12.8 Å². The average molecular weight is 76.1 g/mol. The van der Waals surface area contributed by atoms with Crippen molar-refractivity contribution in [2.75, 3.05) is 0 Å². The maximum absolute atomic E-state index is 3.61. The molecule has 2 heteroatoms. The van der Waals surface area contributed by atoms with Crippen molar-refractivity contribution in [1.29, 1.82) is 0 Å². The van der Waals surface area contributed by atoms with Crippen molar-refractivity contribution in [3.8, 4) is 0 Å². The molecule has 0 aliphatic rings. The van der Waals surface area contributed by atoms with Crippen molar-refractivity contribution in [2.24, 2.45) is 0 Å². The first kappa shape index (κ1) is 4.31. The van der Waals surface area contributed by atoms with Crippen LogP contribution in [0.25, 0.3) is 0 Å². The molecular formula is C2H6NS. The van der Waals surface area contributed by atoms with Gasteiger partial charge in [-0.2, -0.15) is 0 Å². The molecule has 0 aromatic rings. The SMILES string of the molecule is C[CH]NS. The summed E-state index contributed by atoms with van der Waals surface area (Å²) < 4.78 is 2.50. The van der Waals surface area contributed by atoms with Gasteiger partial charge in [-0.3, -0.25) is 4.72 Å². The Balaban J connectivity index is 1.97. The van der Waals surface area contributed by atoms with Crippen molar-refractivity contribution in [1.82, 2.24) is 4.72 Å². The Labute approximate surface area is 31.9 Å². The highest BCUT2D eigenvalue weighted by Crippen LogP contribution is 1.59. The van der Waals surface area contributed by atoms with Gasteiger partial charge in [-0.05, 0) is 6.92 Å². The smallest absolute Gasteiger partial charge is 0.0300 e. The molecule has 0 atom stereocenters. The fourth-order valence-electron chi connectivity index (χ4n) is 0. The van der Waals surface area contributed by atoms with Crippen LogP contribution in [0.2, 0.25) is 0 Å². The molecule has 0 aromatic carbocycles. The van der Waals surface area contributed by atoms with E-state index in [9.17, 15) is 0 Å². The molecule has 1 N–H and O–H groups in total. The second-order valence-electron chi connectivity index (χ2n) is 0.418. The number of rotatable bonds is 1. The van der Waals surface area contributed by atoms with Crippen LogP contribution >= 0.6 is 12.8 Å². The number of thiol groups is 1. The number of nitrogens with one attached hydrogen (secondary N) is 1. The molecule has 0 unspecified atom stereocenters. The van der Waals surface area contributed by atoms with E-state index in [1.165, 1.54) is 0 Å². The minimum Gasteiger partial charge on any atom is -0.262 e. The third kappa shape index (κ3) is 2.31. The van der Waals surface area contributed by atoms with Crippen LogP contribution in [0.1, 0.15) is 6.92 Å². The van der Waals surface area contributed by atoms with Crippen LogP contribution in [0.5, 0.6) is 0 Å². The summed E-state index contributed by atoms with van der Waals surface area (Å²) in [6.07, 6.45) is 0. The topological polar surface area (TPSA) is 12.0 Å². The summed E-state index contributed by atoms with van der Waals surface area (Å²) in [6, 6.07) is 0. The maximum Gasteiger partial charge on any atom is 0.0300 e. The predicted molar refractivity (Wildman–Crippen MR) is 22.1 cm³/mol. The molecule has 0 saturated carbocycles. The Morgan fingerprint density at radius 3 is 2.25 bits per heavy atom. The predicted octanol–water partition coefficient (Wildman–Crippen LogP) is 0.602. The summed E-state index contributed by atoms with van der Waals surface area (Å²) in [6.45, 7) is 3.61. The lowest BCUT2D eigenvalue weighted by atomic mass is 10.8. The first-order chi connectivity index (χ1) is 1.91. The van der Waals surface area contributed by atoms with Crippen LogP contribution in [-0.2, 0) is 0 Å². The van der Waals surface area contributed by atoms with E-state index in [0.717, 1.165) is 0 Å². The molecule has 0 rings (SSSR count). The molecule has 0 spiro atoms. The minimum absolute atomic E-state index is 1.74. The van der Waals surface area contributed by atoms with Crippen LogP contribution in [0, 0.1) is 6.54 Å². The Hall–Kier alpha value is 0.310. The monoisotopic (exact) mass is 76.0 g/mol. The average Bonchev–Trinajstić information content (AvgIpc) is 1.37. The van der Waals surface area contributed by atoms with Crippen LogP contribution in [0.4, 0.5) is 0 Å². The van der Waals surface area contributed by atoms with Crippen molar-refractivity contribution in [3.05, 3.63) is 6.54 Å². The first-order valence-corrected chi connectivity index (χ1v) is 1.54. The Bertz CT molecular complexity index is 8.00. The van der Waals surface area contributed by atoms with Crippen LogP contribution in [0.15, 0.2) is 0 Å². The summed E-state index contributed by atoms with van der Waals surface area (Å²) in [5.41, 5.74) is 0. The van der Waals surface area contributed by atoms with Gasteiger partial charge in [-0.1, -0.05) is 12.8 Å². The van der Waals surface area contributed by atoms with Gasteiger partial charge in [0.15, 0.2) is 0 Å². The number of hydrogen-bond donors (Lipinski definition) is 2. The summed E-state index contributed by atoms with van der Waals surface area (Å²) in [4.78, 5) is 0. The largest absolute Gasteiger partial charge is 0.262 e. The zero-order valence-electron chi connectivity index (χ0n) is 2.52. The standard InChI is InChI=1S/C2H6NS/c1-2-3-4/h2-4H,1H3. The van der Waals surface area contributed by atoms with Gasteiger partial charge in [-0.15, -0.1) is 0 Å². The molecule has 0 bridgehead atoms. The molecule has 25 valence electrons. The molecule has 0 aliphatic heterocycles. The summed E-state index contributed by atoms with van der Waals surface area (Å²) in [7, 11) is 0. The molecule has 0 amide bonds. The second-order valence-corrected chi connectivity index (χ2v) is 0.676. The fourth-order valence-corrected chi connectivity index (χ4v) is 0. The van der Waals surface area contributed by atoms with E-state index in [1.807, 2.05) is 6.92 Å². The van der Waals surface area contributed by atoms with Crippen molar-refractivity contribution in [3.63, 3.8) is 0 Å². The van der Waals surface area contributed by atoms with E-state index < -0.39 is 0 Å². The third-order valence-corrected chi connectivity index (χ3v) is 0.387. The van der Waals surface area contributed by atoms with Gasteiger partial charge in [0, 0.05) is 6.54 Å². The zero-order valence-corrected chi connectivity index (χ0v) is 3.42. The maximum atomic E-state index is 3.61. The molecule has 4 heavy (non-hydrogen) atoms. The lowest BCUT2D eigenvalue weighted by Gasteiger charge is -1.73. The van der Waals surface area contributed by atoms with E-state index in [4.69, 9.17) is 0 Å². The van der Waals surface area contributed by atoms with Crippen LogP contribution in [-0.4, -0.2) is 0 Å². The fraction of sp³-hybridized carbons (Fsp3) is 0.500. The van der Waals surface area contributed by atoms with Crippen LogP contribution in [0.3, 0.4) is 0 Å². The van der Waals surface area contributed by atoms with E-state index in [1.54, 1.807) is 6.54 Å². The molecule has 0 fully saturated rings. The highest BCUT2D eigenvalue weighted by Gasteiger charge is 1.52. The zero-order chi connectivity index (χ0) is 3.41. The highest BCUT2D eigenvalue weighted by atomic mass is 32.1. The summed E-state index contributed by atoms with van der Waals surface area (Å²) in [5.74, 6) is 0. The van der Waals surface area contributed by atoms with Crippen molar-refractivity contribution < 1.29 is 0 Å². The van der Waals surface area contributed by atoms with Gasteiger partial charge >= 0.3 is 0 Å². The van der Waals surface area contributed by atoms with Gasteiger partial charge in [0.05, 0.1) is 0 Å². The first-order valence-electron chi connectivity index (χ1n) is 1.09. The van der Waals surface area contributed by atoms with Crippen LogP contribution < -0.4 is 4.72 Å². The molecule has 0 aliphatic carbocycles. The molecule has 0 saturated heterocycles. The number of hydrogen-bond acceptors (Lipinski definition) is 2. The van der Waals surface area contributed by atoms with E-state index in [-0.39, 0.29) is 0 Å². The quantitative estimate of drug-likeness (QED) is 0.436.